The topological polar surface area (TPSA) is 107 Å². The number of nitrogens with zero attached hydrogens (tertiary/aromatic N) is 6. The van der Waals surface area contributed by atoms with E-state index >= 15 is 0 Å². The molecule has 0 bridgehead atoms. The summed E-state index contributed by atoms with van der Waals surface area (Å²) in [5.41, 5.74) is 2.34. The average Bonchev–Trinajstić information content (AvgIpc) is 3.47. The zero-order valence-corrected chi connectivity index (χ0v) is 17.7. The van der Waals surface area contributed by atoms with Crippen LogP contribution in [-0.2, 0) is 25.4 Å². The summed E-state index contributed by atoms with van der Waals surface area (Å²) < 4.78 is 3.75. The molecule has 0 atom stereocenters. The van der Waals surface area contributed by atoms with Crippen LogP contribution in [0.5, 0.6) is 0 Å². The summed E-state index contributed by atoms with van der Waals surface area (Å²) in [6.45, 7) is 1.60. The Morgan fingerprint density at radius 2 is 1.94 bits per heavy atom. The molecule has 0 fully saturated rings. The molecule has 158 valence electrons. The maximum Gasteiger partial charge on any atom is 0.332 e. The molecule has 2 aliphatic rings. The van der Waals surface area contributed by atoms with Gasteiger partial charge in [0.1, 0.15) is 6.54 Å². The van der Waals surface area contributed by atoms with Crippen molar-refractivity contribution in [1.29, 1.82) is 0 Å². The maximum absolute atomic E-state index is 12.6. The van der Waals surface area contributed by atoms with Crippen LogP contribution in [0.4, 0.5) is 5.69 Å². The first-order valence-corrected chi connectivity index (χ1v) is 10.5. The number of nitrogens with one attached hydrogen (secondary N) is 1. The summed E-state index contributed by atoms with van der Waals surface area (Å²) in [4.78, 5) is 47.9. The molecule has 1 N–H and O–H groups in total. The number of imidazole rings is 1. The molecule has 5 rings (SSSR count). The number of anilines is 1. The Morgan fingerprint density at radius 1 is 1.16 bits per heavy atom. The molecule has 1 aromatic carbocycles. The van der Waals surface area contributed by atoms with E-state index in [1.54, 1.807) is 11.8 Å². The highest BCUT2D eigenvalue weighted by atomic mass is 32.2. The van der Waals surface area contributed by atoms with E-state index in [9.17, 15) is 14.4 Å². The van der Waals surface area contributed by atoms with Crippen molar-refractivity contribution in [3.05, 3.63) is 62.4 Å². The highest BCUT2D eigenvalue weighted by Gasteiger charge is 2.27. The minimum absolute atomic E-state index is 0.0961. The van der Waals surface area contributed by atoms with Crippen LogP contribution in [0, 0.1) is 0 Å². The summed E-state index contributed by atoms with van der Waals surface area (Å²) in [6.07, 6.45) is 1.40. The van der Waals surface area contributed by atoms with E-state index in [0.29, 0.717) is 5.69 Å². The lowest BCUT2D eigenvalue weighted by molar-refractivity contribution is -0.116. The lowest BCUT2D eigenvalue weighted by Crippen LogP contribution is -2.37. The molecular weight excluding hydrogens is 418 g/mol. The largest absolute Gasteiger partial charge is 0.332 e. The summed E-state index contributed by atoms with van der Waals surface area (Å²) in [5.74, 6) is -0.299. The van der Waals surface area contributed by atoms with Crippen LogP contribution in [-0.4, -0.2) is 47.7 Å². The molecule has 0 spiro atoms. The number of aromatic nitrogens is 4. The van der Waals surface area contributed by atoms with Crippen LogP contribution >= 0.6 is 11.8 Å². The van der Waals surface area contributed by atoms with Gasteiger partial charge in [-0.05, 0) is 17.7 Å². The minimum atomic E-state index is -0.486. The Bertz CT molecular complexity index is 1400. The first kappa shape index (κ1) is 19.4. The van der Waals surface area contributed by atoms with Crippen molar-refractivity contribution in [2.45, 2.75) is 6.54 Å². The van der Waals surface area contributed by atoms with Gasteiger partial charge in [-0.3, -0.25) is 23.7 Å². The van der Waals surface area contributed by atoms with Crippen LogP contribution in [0.2, 0.25) is 0 Å². The number of carbonyl (C=O) groups excluding carboxylic acids is 1. The van der Waals surface area contributed by atoms with Gasteiger partial charge < -0.3 is 14.8 Å². The predicted octanol–water partition coefficient (Wildman–Crippen LogP) is 0.789. The van der Waals surface area contributed by atoms with Crippen molar-refractivity contribution in [1.82, 2.24) is 23.6 Å². The molecule has 1 amide bonds. The van der Waals surface area contributed by atoms with Gasteiger partial charge in [0.15, 0.2) is 16.3 Å². The van der Waals surface area contributed by atoms with Crippen LogP contribution in [0.25, 0.3) is 16.9 Å². The Hall–Kier alpha value is -3.60. The smallest absolute Gasteiger partial charge is 0.325 e. The van der Waals surface area contributed by atoms with Crippen LogP contribution in [0.1, 0.15) is 5.56 Å². The van der Waals surface area contributed by atoms with E-state index in [2.05, 4.69) is 25.6 Å². The number of hydrogen-bond donors (Lipinski definition) is 1. The number of thioether (sulfide) groups is 1. The minimum Gasteiger partial charge on any atom is -0.325 e. The second-order valence-electron chi connectivity index (χ2n) is 7.31. The van der Waals surface area contributed by atoms with Crippen LogP contribution < -0.4 is 16.6 Å². The predicted molar refractivity (Wildman–Crippen MR) is 120 cm³/mol. The quantitative estimate of drug-likeness (QED) is 0.647. The molecule has 0 unspecified atom stereocenters. The molecule has 4 heterocycles. The highest BCUT2D eigenvalue weighted by Crippen LogP contribution is 2.35. The maximum atomic E-state index is 12.6. The zero-order valence-electron chi connectivity index (χ0n) is 16.9. The Kier molecular flexibility index (Phi) is 4.54. The number of rotatable bonds is 4. The standard InChI is InChI=1S/C20H19N7O3S/c1-24-17-16(18(29)25(2)20(24)30)26(11-22-17)9-15(28)23-13-5-3-12(4-6-13)14-10-31-19-21-7-8-27(14)19/h3-6,10-11H,7-9H2,1-2H3,(H,23,28). The van der Waals surface area contributed by atoms with Gasteiger partial charge in [0.2, 0.25) is 5.91 Å². The molecule has 2 aliphatic heterocycles. The van der Waals surface area contributed by atoms with Crippen molar-refractivity contribution >= 4 is 45.4 Å². The van der Waals surface area contributed by atoms with Gasteiger partial charge in [-0.25, -0.2) is 9.78 Å². The van der Waals surface area contributed by atoms with Crippen LogP contribution in [0.15, 0.2) is 50.6 Å². The monoisotopic (exact) mass is 437 g/mol. The summed E-state index contributed by atoms with van der Waals surface area (Å²) in [7, 11) is 2.94. The van der Waals surface area contributed by atoms with Crippen LogP contribution in [0.3, 0.4) is 0 Å². The fourth-order valence-electron chi connectivity index (χ4n) is 3.74. The number of aliphatic imine (C=N–C) groups is 1. The van der Waals surface area contributed by atoms with Crippen molar-refractivity contribution < 1.29 is 4.79 Å². The molecule has 31 heavy (non-hydrogen) atoms. The number of hydrogen-bond acceptors (Lipinski definition) is 7. The van der Waals surface area contributed by atoms with E-state index in [1.807, 2.05) is 24.3 Å². The third kappa shape index (κ3) is 3.17. The molecular formula is C20H19N7O3S. The average molecular weight is 437 g/mol. The molecule has 0 saturated carbocycles. The second kappa shape index (κ2) is 7.27. The number of fused-ring (bicyclic) bond motifs is 2. The number of aryl methyl sites for hydroxylation is 1. The van der Waals surface area contributed by atoms with E-state index in [4.69, 9.17) is 0 Å². The lowest BCUT2D eigenvalue weighted by Gasteiger charge is -2.17. The summed E-state index contributed by atoms with van der Waals surface area (Å²) in [5, 5.41) is 5.96. The third-order valence-electron chi connectivity index (χ3n) is 5.36. The fraction of sp³-hybridized carbons (Fsp3) is 0.250. The number of amides is 1. The van der Waals surface area contributed by atoms with E-state index in [1.165, 1.54) is 29.6 Å². The molecule has 0 radical (unpaired) electrons. The van der Waals surface area contributed by atoms with Crippen molar-refractivity contribution in [3.63, 3.8) is 0 Å². The van der Waals surface area contributed by atoms with E-state index in [0.717, 1.165) is 34.1 Å². The van der Waals surface area contributed by atoms with Gasteiger partial charge >= 0.3 is 5.69 Å². The van der Waals surface area contributed by atoms with Gasteiger partial charge in [0, 0.05) is 31.7 Å². The van der Waals surface area contributed by atoms with Gasteiger partial charge in [-0.1, -0.05) is 23.9 Å². The second-order valence-corrected chi connectivity index (χ2v) is 8.15. The highest BCUT2D eigenvalue weighted by molar-refractivity contribution is 8.16. The van der Waals surface area contributed by atoms with Crippen molar-refractivity contribution in [2.24, 2.45) is 19.1 Å². The SMILES string of the molecule is Cn1c(=O)c2c(ncn2CC(=O)Nc2ccc(C3=CSC4=NCCN34)cc2)n(C)c1=O. The normalized spacial score (nSPS) is 15.2. The Morgan fingerprint density at radius 3 is 2.71 bits per heavy atom. The third-order valence-corrected chi connectivity index (χ3v) is 6.27. The molecule has 10 nitrogen and oxygen atoms in total. The lowest BCUT2D eigenvalue weighted by atomic mass is 10.1. The summed E-state index contributed by atoms with van der Waals surface area (Å²) >= 11 is 1.62. The first-order chi connectivity index (χ1) is 14.9. The van der Waals surface area contributed by atoms with Gasteiger partial charge in [0.25, 0.3) is 5.56 Å². The van der Waals surface area contributed by atoms with Gasteiger partial charge in [-0.2, -0.15) is 0 Å². The molecule has 0 saturated heterocycles. The van der Waals surface area contributed by atoms with E-state index < -0.39 is 11.2 Å². The van der Waals surface area contributed by atoms with Crippen molar-refractivity contribution in [2.75, 3.05) is 18.4 Å². The van der Waals surface area contributed by atoms with Gasteiger partial charge in [-0.15, -0.1) is 0 Å². The Balaban J connectivity index is 1.33. The van der Waals surface area contributed by atoms with Gasteiger partial charge in [0.05, 0.1) is 18.6 Å². The molecule has 0 aliphatic carbocycles. The molecule has 3 aromatic rings. The molecule has 2 aromatic heterocycles. The fourth-order valence-corrected chi connectivity index (χ4v) is 4.71. The first-order valence-electron chi connectivity index (χ1n) is 9.64. The number of carbonyl (C=O) groups is 1. The van der Waals surface area contributed by atoms with Crippen molar-refractivity contribution in [3.8, 4) is 0 Å². The summed E-state index contributed by atoms with van der Waals surface area (Å²) in [6, 6.07) is 7.61. The number of amidine groups is 1. The van der Waals surface area contributed by atoms with E-state index in [-0.39, 0.29) is 23.6 Å². The Labute approximate surface area is 180 Å². The molecule has 11 heteroatoms. The zero-order chi connectivity index (χ0) is 21.7. The number of benzene rings is 1.